The van der Waals surface area contributed by atoms with Gasteiger partial charge in [0, 0.05) is 13.2 Å². The zero-order valence-electron chi connectivity index (χ0n) is 8.97. The Kier molecular flexibility index (Phi) is 2.37. The lowest BCUT2D eigenvalue weighted by Gasteiger charge is -2.35. The zero-order valence-corrected chi connectivity index (χ0v) is 8.97. The Morgan fingerprint density at radius 3 is 2.46 bits per heavy atom. The van der Waals surface area contributed by atoms with Gasteiger partial charge in [0.2, 0.25) is 0 Å². The summed E-state index contributed by atoms with van der Waals surface area (Å²) in [5, 5.41) is 3.62. The Morgan fingerprint density at radius 1 is 1.38 bits per heavy atom. The first-order valence-electron chi connectivity index (χ1n) is 5.38. The van der Waals surface area contributed by atoms with E-state index in [0.717, 1.165) is 12.0 Å². The Bertz CT molecular complexity index is 185. The van der Waals surface area contributed by atoms with Gasteiger partial charge in [-0.3, -0.25) is 0 Å². The van der Waals surface area contributed by atoms with Gasteiger partial charge in [0.1, 0.15) is 0 Å². The summed E-state index contributed by atoms with van der Waals surface area (Å²) < 4.78 is 5.24. The maximum absolute atomic E-state index is 5.24. The molecule has 2 aliphatic carbocycles. The van der Waals surface area contributed by atoms with Crippen molar-refractivity contribution in [2.24, 2.45) is 11.3 Å². The highest BCUT2D eigenvalue weighted by Gasteiger charge is 2.45. The molecule has 2 aliphatic rings. The van der Waals surface area contributed by atoms with Crippen molar-refractivity contribution in [2.45, 2.75) is 45.3 Å². The molecule has 2 rings (SSSR count). The molecule has 0 saturated heterocycles. The first kappa shape index (κ1) is 9.47. The predicted molar refractivity (Wildman–Crippen MR) is 53.7 cm³/mol. The summed E-state index contributed by atoms with van der Waals surface area (Å²) >= 11 is 0. The Balaban J connectivity index is 1.56. The summed E-state index contributed by atoms with van der Waals surface area (Å²) in [5.41, 5.74) is 0.622. The van der Waals surface area contributed by atoms with Gasteiger partial charge in [0.25, 0.3) is 0 Å². The third-order valence-electron chi connectivity index (χ3n) is 3.80. The van der Waals surface area contributed by atoms with Crippen LogP contribution in [0.3, 0.4) is 0 Å². The van der Waals surface area contributed by atoms with Crippen molar-refractivity contribution in [3.8, 4) is 0 Å². The average molecular weight is 183 g/mol. The molecule has 1 N–H and O–H groups in total. The van der Waals surface area contributed by atoms with Crippen LogP contribution >= 0.6 is 0 Å². The largest absolute Gasteiger partial charge is 0.381 e. The standard InChI is InChI=1S/C11H21NO/c1-11(2)6-8(11)7-12-9-4-10(5-9)13-3/h8-10,12H,4-7H2,1-3H3. The third kappa shape index (κ3) is 2.05. The molecule has 13 heavy (non-hydrogen) atoms. The van der Waals surface area contributed by atoms with Gasteiger partial charge in [-0.1, -0.05) is 13.8 Å². The van der Waals surface area contributed by atoms with Crippen LogP contribution in [0.5, 0.6) is 0 Å². The molecule has 0 aromatic rings. The topological polar surface area (TPSA) is 21.3 Å². The molecule has 0 heterocycles. The molecule has 0 spiro atoms. The number of hydrogen-bond acceptors (Lipinski definition) is 2. The number of hydrogen-bond donors (Lipinski definition) is 1. The molecule has 1 unspecified atom stereocenters. The lowest BCUT2D eigenvalue weighted by molar-refractivity contribution is 0.0170. The fraction of sp³-hybridized carbons (Fsp3) is 1.00. The maximum atomic E-state index is 5.24. The van der Waals surface area contributed by atoms with Crippen molar-refractivity contribution in [1.29, 1.82) is 0 Å². The monoisotopic (exact) mass is 183 g/mol. The average Bonchev–Trinajstić information content (AvgIpc) is 2.56. The minimum Gasteiger partial charge on any atom is -0.381 e. The van der Waals surface area contributed by atoms with Crippen LogP contribution in [-0.4, -0.2) is 25.8 Å². The lowest BCUT2D eigenvalue weighted by atomic mass is 9.89. The summed E-state index contributed by atoms with van der Waals surface area (Å²) in [7, 11) is 1.81. The molecular weight excluding hydrogens is 162 g/mol. The van der Waals surface area contributed by atoms with Gasteiger partial charge in [0.05, 0.1) is 6.10 Å². The van der Waals surface area contributed by atoms with Crippen LogP contribution in [0.2, 0.25) is 0 Å². The van der Waals surface area contributed by atoms with E-state index in [1.807, 2.05) is 7.11 Å². The van der Waals surface area contributed by atoms with Crippen LogP contribution in [0.4, 0.5) is 0 Å². The Hall–Kier alpha value is -0.0800. The second-order valence-electron chi connectivity index (χ2n) is 5.32. The highest BCUT2D eigenvalue weighted by molar-refractivity contribution is 4.97. The molecule has 76 valence electrons. The lowest BCUT2D eigenvalue weighted by Crippen LogP contribution is -2.45. The minimum absolute atomic E-state index is 0.532. The summed E-state index contributed by atoms with van der Waals surface area (Å²) in [4.78, 5) is 0. The van der Waals surface area contributed by atoms with E-state index in [1.54, 1.807) is 0 Å². The number of ether oxygens (including phenoxy) is 1. The Morgan fingerprint density at radius 2 is 2.00 bits per heavy atom. The van der Waals surface area contributed by atoms with Crippen molar-refractivity contribution in [1.82, 2.24) is 5.32 Å². The van der Waals surface area contributed by atoms with Crippen LogP contribution in [-0.2, 0) is 4.74 Å². The molecule has 2 nitrogen and oxygen atoms in total. The van der Waals surface area contributed by atoms with Gasteiger partial charge >= 0.3 is 0 Å². The molecule has 0 bridgehead atoms. The van der Waals surface area contributed by atoms with Gasteiger partial charge in [-0.15, -0.1) is 0 Å². The molecule has 0 aliphatic heterocycles. The van der Waals surface area contributed by atoms with E-state index >= 15 is 0 Å². The van der Waals surface area contributed by atoms with Gasteiger partial charge in [-0.25, -0.2) is 0 Å². The van der Waals surface area contributed by atoms with E-state index in [0.29, 0.717) is 11.5 Å². The minimum atomic E-state index is 0.532. The van der Waals surface area contributed by atoms with Crippen LogP contribution < -0.4 is 5.32 Å². The van der Waals surface area contributed by atoms with E-state index in [1.165, 1.54) is 25.8 Å². The maximum Gasteiger partial charge on any atom is 0.0601 e. The first-order chi connectivity index (χ1) is 6.12. The molecule has 0 aromatic heterocycles. The van der Waals surface area contributed by atoms with E-state index in [-0.39, 0.29) is 0 Å². The molecule has 0 amide bonds. The van der Waals surface area contributed by atoms with Crippen LogP contribution in [0.1, 0.15) is 33.1 Å². The van der Waals surface area contributed by atoms with E-state index < -0.39 is 0 Å². The number of methoxy groups -OCH3 is 1. The summed E-state index contributed by atoms with van der Waals surface area (Å²) in [6.45, 7) is 5.93. The van der Waals surface area contributed by atoms with Crippen molar-refractivity contribution in [3.05, 3.63) is 0 Å². The van der Waals surface area contributed by atoms with Gasteiger partial charge in [-0.2, -0.15) is 0 Å². The second kappa shape index (κ2) is 3.25. The molecule has 2 fully saturated rings. The quantitative estimate of drug-likeness (QED) is 0.717. The Labute approximate surface area is 81.0 Å². The van der Waals surface area contributed by atoms with E-state index in [9.17, 15) is 0 Å². The molecule has 2 heteroatoms. The van der Waals surface area contributed by atoms with Crippen LogP contribution in [0.15, 0.2) is 0 Å². The van der Waals surface area contributed by atoms with Crippen molar-refractivity contribution in [2.75, 3.05) is 13.7 Å². The van der Waals surface area contributed by atoms with Crippen LogP contribution in [0, 0.1) is 11.3 Å². The van der Waals surface area contributed by atoms with Gasteiger partial charge in [0.15, 0.2) is 0 Å². The van der Waals surface area contributed by atoms with Gasteiger partial charge in [-0.05, 0) is 37.1 Å². The SMILES string of the molecule is COC1CC(NCC2CC2(C)C)C1. The molecule has 2 saturated carbocycles. The van der Waals surface area contributed by atoms with E-state index in [4.69, 9.17) is 4.74 Å². The predicted octanol–water partition coefficient (Wildman–Crippen LogP) is 1.80. The smallest absolute Gasteiger partial charge is 0.0601 e. The number of rotatable bonds is 4. The van der Waals surface area contributed by atoms with Gasteiger partial charge < -0.3 is 10.1 Å². The summed E-state index contributed by atoms with van der Waals surface area (Å²) in [6.07, 6.45) is 4.36. The first-order valence-corrected chi connectivity index (χ1v) is 5.38. The van der Waals surface area contributed by atoms with Crippen molar-refractivity contribution < 1.29 is 4.74 Å². The van der Waals surface area contributed by atoms with Crippen LogP contribution in [0.25, 0.3) is 0 Å². The molecule has 1 atom stereocenters. The zero-order chi connectivity index (χ0) is 9.47. The molecule has 0 radical (unpaired) electrons. The second-order valence-corrected chi connectivity index (χ2v) is 5.32. The third-order valence-corrected chi connectivity index (χ3v) is 3.80. The van der Waals surface area contributed by atoms with Crippen molar-refractivity contribution >= 4 is 0 Å². The van der Waals surface area contributed by atoms with E-state index in [2.05, 4.69) is 19.2 Å². The van der Waals surface area contributed by atoms with Crippen molar-refractivity contribution in [3.63, 3.8) is 0 Å². The fourth-order valence-corrected chi connectivity index (χ4v) is 2.16. The normalized spacial score (nSPS) is 41.3. The highest BCUT2D eigenvalue weighted by Crippen LogP contribution is 2.51. The number of nitrogens with one attached hydrogen (secondary N) is 1. The summed E-state index contributed by atoms with van der Waals surface area (Å²) in [6, 6.07) is 0.737. The molecule has 0 aromatic carbocycles. The summed E-state index contributed by atoms with van der Waals surface area (Å²) in [5.74, 6) is 0.925. The fourth-order valence-electron chi connectivity index (χ4n) is 2.16. The molecular formula is C11H21NO. The highest BCUT2D eigenvalue weighted by atomic mass is 16.5.